The summed E-state index contributed by atoms with van der Waals surface area (Å²) < 4.78 is 8.94. The quantitative estimate of drug-likeness (QED) is 0.230. The van der Waals surface area contributed by atoms with E-state index in [9.17, 15) is 20.4 Å². The minimum Gasteiger partial charge on any atom is -0.387 e. The van der Waals surface area contributed by atoms with E-state index in [-0.39, 0.29) is 0 Å². The second-order valence-electron chi connectivity index (χ2n) is 4.08. The van der Waals surface area contributed by atoms with Gasteiger partial charge < -0.3 is 40.0 Å². The Kier molecular flexibility index (Phi) is 6.22. The summed E-state index contributed by atoms with van der Waals surface area (Å²) in [6, 6.07) is 0. The van der Waals surface area contributed by atoms with Gasteiger partial charge >= 0.3 is 13.4 Å². The maximum atomic E-state index is 9.83. The second kappa shape index (κ2) is 6.57. The molecule has 0 saturated heterocycles. The van der Waals surface area contributed by atoms with Crippen molar-refractivity contribution in [1.82, 2.24) is 0 Å². The fourth-order valence-corrected chi connectivity index (χ4v) is 3.48. The molecule has 0 aromatic carbocycles. The summed E-state index contributed by atoms with van der Waals surface area (Å²) in [6.07, 6.45) is -11.4. The van der Waals surface area contributed by atoms with Crippen LogP contribution in [0.2, 0.25) is 0 Å². The standard InChI is InChI=1S/C6H14O10P2S2/c7-1-2(8)5(15-17(11,12)19)4(10)6(3(1)9)16-18(13,14)20/h1-10H,(H2,11,12,19)(H2,13,14,20)/t1-,2-,3-,4-,5+,6-/m0/s1. The molecule has 0 spiro atoms. The first kappa shape index (κ1) is 18.9. The maximum Gasteiger partial charge on any atom is 0.322 e. The van der Waals surface area contributed by atoms with E-state index in [0.29, 0.717) is 0 Å². The van der Waals surface area contributed by atoms with Crippen molar-refractivity contribution >= 4 is 37.1 Å². The van der Waals surface area contributed by atoms with E-state index in [1.165, 1.54) is 0 Å². The van der Waals surface area contributed by atoms with Gasteiger partial charge in [-0.05, 0) is 23.6 Å². The summed E-state index contributed by atoms with van der Waals surface area (Å²) >= 11 is 8.34. The molecule has 14 heteroatoms. The topological polar surface area (TPSA) is 180 Å². The Hall–Kier alpha value is 0.900. The molecule has 1 aliphatic rings. The summed E-state index contributed by atoms with van der Waals surface area (Å²) in [4.78, 5) is 36.1. The number of hydrogen-bond donors (Lipinski definition) is 8. The van der Waals surface area contributed by atoms with Gasteiger partial charge in [-0.3, -0.25) is 9.05 Å². The third-order valence-corrected chi connectivity index (χ3v) is 4.12. The first-order valence-corrected chi connectivity index (χ1v) is 10.3. The van der Waals surface area contributed by atoms with E-state index in [0.717, 1.165) is 0 Å². The highest BCUT2D eigenvalue weighted by atomic mass is 32.5. The van der Waals surface area contributed by atoms with E-state index in [4.69, 9.17) is 19.6 Å². The molecule has 0 unspecified atom stereocenters. The van der Waals surface area contributed by atoms with Crippen LogP contribution in [0, 0.1) is 0 Å². The fraction of sp³-hybridized carbons (Fsp3) is 1.00. The van der Waals surface area contributed by atoms with Crippen LogP contribution in [0.3, 0.4) is 0 Å². The summed E-state index contributed by atoms with van der Waals surface area (Å²) in [7, 11) is 0. The highest BCUT2D eigenvalue weighted by Crippen LogP contribution is 2.45. The molecule has 0 aliphatic heterocycles. The van der Waals surface area contributed by atoms with E-state index < -0.39 is 50.1 Å². The van der Waals surface area contributed by atoms with Gasteiger partial charge in [0.15, 0.2) is 0 Å². The molecule has 20 heavy (non-hydrogen) atoms. The van der Waals surface area contributed by atoms with Gasteiger partial charge in [0, 0.05) is 0 Å². The Balaban J connectivity index is 3.02. The fourth-order valence-electron chi connectivity index (χ4n) is 1.75. The smallest absolute Gasteiger partial charge is 0.322 e. The minimum atomic E-state index is -4.31. The van der Waals surface area contributed by atoms with Crippen molar-refractivity contribution in [2.75, 3.05) is 0 Å². The number of aliphatic hydroxyl groups excluding tert-OH is 4. The van der Waals surface area contributed by atoms with E-state index in [1.807, 2.05) is 0 Å². The molecule has 1 rings (SSSR count). The summed E-state index contributed by atoms with van der Waals surface area (Å²) in [6.45, 7) is -8.62. The SMILES string of the molecule is O[C@@H]1[C@H](O)[C@H](OP(O)(O)=S)[C@@H](O)[C@H](OP(O)(O)=S)[C@H]1O. The molecule has 1 aliphatic carbocycles. The van der Waals surface area contributed by atoms with E-state index >= 15 is 0 Å². The first-order valence-electron chi connectivity index (χ1n) is 5.03. The van der Waals surface area contributed by atoms with Crippen LogP contribution in [-0.2, 0) is 32.7 Å². The van der Waals surface area contributed by atoms with Crippen LogP contribution in [0.1, 0.15) is 0 Å². The van der Waals surface area contributed by atoms with Crippen LogP contribution in [0.5, 0.6) is 0 Å². The number of rotatable bonds is 4. The zero-order chi connectivity index (χ0) is 15.9. The van der Waals surface area contributed by atoms with Gasteiger partial charge in [0.2, 0.25) is 0 Å². The van der Waals surface area contributed by atoms with Gasteiger partial charge in [-0.2, -0.15) is 0 Å². The van der Waals surface area contributed by atoms with Crippen molar-refractivity contribution in [1.29, 1.82) is 0 Å². The lowest BCUT2D eigenvalue weighted by Crippen LogP contribution is -2.64. The number of aliphatic hydroxyl groups is 4. The van der Waals surface area contributed by atoms with Crippen molar-refractivity contribution in [2.24, 2.45) is 0 Å². The zero-order valence-electron chi connectivity index (χ0n) is 9.57. The molecule has 8 N–H and O–H groups in total. The Morgan fingerprint density at radius 3 is 1.15 bits per heavy atom. The van der Waals surface area contributed by atoms with Gasteiger partial charge in [0.1, 0.15) is 36.6 Å². The van der Waals surface area contributed by atoms with Gasteiger partial charge in [-0.1, -0.05) is 0 Å². The Morgan fingerprint density at radius 1 is 0.600 bits per heavy atom. The van der Waals surface area contributed by atoms with Crippen molar-refractivity contribution in [2.45, 2.75) is 36.6 Å². The summed E-state index contributed by atoms with van der Waals surface area (Å²) in [5.74, 6) is 0. The predicted octanol–water partition coefficient (Wildman–Crippen LogP) is -3.37. The lowest BCUT2D eigenvalue weighted by Gasteiger charge is -2.43. The zero-order valence-corrected chi connectivity index (χ0v) is 13.0. The monoisotopic (exact) mass is 372 g/mol. The van der Waals surface area contributed by atoms with Crippen LogP contribution in [0.25, 0.3) is 0 Å². The largest absolute Gasteiger partial charge is 0.387 e. The molecule has 1 saturated carbocycles. The average Bonchev–Trinajstić information content (AvgIpc) is 2.25. The van der Waals surface area contributed by atoms with Gasteiger partial charge in [-0.15, -0.1) is 0 Å². The Bertz CT molecular complexity index is 397. The van der Waals surface area contributed by atoms with Gasteiger partial charge in [0.05, 0.1) is 0 Å². The molecule has 0 aromatic heterocycles. The van der Waals surface area contributed by atoms with Crippen molar-refractivity contribution in [3.05, 3.63) is 0 Å². The molecule has 10 nitrogen and oxygen atoms in total. The maximum absolute atomic E-state index is 9.83. The van der Waals surface area contributed by atoms with Crippen LogP contribution in [-0.4, -0.2) is 76.6 Å². The molecule has 0 aromatic rings. The van der Waals surface area contributed by atoms with Crippen LogP contribution >= 0.6 is 13.4 Å². The third kappa shape index (κ3) is 4.97. The van der Waals surface area contributed by atoms with Crippen molar-refractivity contribution in [3.8, 4) is 0 Å². The minimum absolute atomic E-state index is 1.83. The molecule has 0 heterocycles. The highest BCUT2D eigenvalue weighted by Gasteiger charge is 2.52. The summed E-state index contributed by atoms with van der Waals surface area (Å²) in [5.41, 5.74) is 0. The molecule has 0 bridgehead atoms. The van der Waals surface area contributed by atoms with E-state index in [2.05, 4.69) is 32.7 Å². The number of hydrogen-bond acceptors (Lipinski definition) is 8. The normalized spacial score (nSPS) is 39.8. The van der Waals surface area contributed by atoms with Crippen LogP contribution in [0.15, 0.2) is 0 Å². The molecular formula is C6H14O10P2S2. The molecule has 0 amide bonds. The van der Waals surface area contributed by atoms with Crippen molar-refractivity contribution in [3.63, 3.8) is 0 Å². The first-order chi connectivity index (χ1) is 8.83. The average molecular weight is 372 g/mol. The summed E-state index contributed by atoms with van der Waals surface area (Å²) in [5, 5.41) is 38.6. The molecular weight excluding hydrogens is 358 g/mol. The predicted molar refractivity (Wildman–Crippen MR) is 71.2 cm³/mol. The highest BCUT2D eigenvalue weighted by molar-refractivity contribution is 8.07. The molecule has 0 radical (unpaired) electrons. The Labute approximate surface area is 123 Å². The van der Waals surface area contributed by atoms with Gasteiger partial charge in [0.25, 0.3) is 0 Å². The Morgan fingerprint density at radius 2 is 0.900 bits per heavy atom. The van der Waals surface area contributed by atoms with Crippen LogP contribution < -0.4 is 0 Å². The second-order valence-corrected chi connectivity index (χ2v) is 9.32. The molecule has 1 fully saturated rings. The molecule has 120 valence electrons. The van der Waals surface area contributed by atoms with E-state index in [1.54, 1.807) is 0 Å². The van der Waals surface area contributed by atoms with Gasteiger partial charge in [-0.25, -0.2) is 0 Å². The van der Waals surface area contributed by atoms with Crippen molar-refractivity contribution < 1.29 is 49.0 Å². The lowest BCUT2D eigenvalue weighted by molar-refractivity contribution is -0.213. The lowest BCUT2D eigenvalue weighted by atomic mass is 9.85. The van der Waals surface area contributed by atoms with Crippen LogP contribution in [0.4, 0.5) is 0 Å². The molecule has 6 atom stereocenters. The third-order valence-electron chi connectivity index (χ3n) is 2.56.